The largest absolute Gasteiger partial charge is 0.309 e. The number of thiophene rings is 1. The van der Waals surface area contributed by atoms with Crippen molar-refractivity contribution in [2.24, 2.45) is 0 Å². The van der Waals surface area contributed by atoms with Gasteiger partial charge in [-0.05, 0) is 62.6 Å². The van der Waals surface area contributed by atoms with Crippen LogP contribution in [-0.2, 0) is 0 Å². The van der Waals surface area contributed by atoms with Crippen molar-refractivity contribution in [3.63, 3.8) is 0 Å². The Morgan fingerprint density at radius 3 is 1.93 bits per heavy atom. The molecule has 42 heavy (non-hydrogen) atoms. The van der Waals surface area contributed by atoms with Crippen molar-refractivity contribution in [2.45, 2.75) is 0 Å². The molecule has 0 saturated heterocycles. The Morgan fingerprint density at radius 2 is 1.05 bits per heavy atom. The average molecular weight is 552 g/mol. The molecule has 0 aliphatic rings. The number of anilines is 3. The number of nitrogens with zero attached hydrogens (tertiary/aromatic N) is 1. The summed E-state index contributed by atoms with van der Waals surface area (Å²) in [5.41, 5.74) is 3.53. The van der Waals surface area contributed by atoms with Gasteiger partial charge in [0.25, 0.3) is 0 Å². The van der Waals surface area contributed by atoms with E-state index in [1.54, 1.807) is 0 Å². The van der Waals surface area contributed by atoms with Crippen molar-refractivity contribution < 1.29 is 0 Å². The number of rotatable bonds is 3. The second kappa shape index (κ2) is 9.17. The Labute approximate surface area is 247 Å². The minimum atomic E-state index is 1.15. The quantitative estimate of drug-likeness (QED) is 0.197. The summed E-state index contributed by atoms with van der Waals surface area (Å²) in [4.78, 5) is 2.49. The van der Waals surface area contributed by atoms with Crippen LogP contribution in [0, 0.1) is 0 Å². The third-order valence-corrected chi connectivity index (χ3v) is 9.79. The predicted octanol–water partition coefficient (Wildman–Crippen LogP) is 12.1. The highest BCUT2D eigenvalue weighted by molar-refractivity contribution is 7.26. The molecule has 0 spiro atoms. The van der Waals surface area contributed by atoms with Gasteiger partial charge in [-0.3, -0.25) is 0 Å². The zero-order valence-electron chi connectivity index (χ0n) is 22.8. The molecule has 0 fully saturated rings. The third kappa shape index (κ3) is 3.43. The lowest BCUT2D eigenvalue weighted by atomic mass is 9.94. The molecule has 0 N–H and O–H groups in total. The highest BCUT2D eigenvalue weighted by atomic mass is 32.1. The van der Waals surface area contributed by atoms with Gasteiger partial charge in [0.15, 0.2) is 0 Å². The maximum atomic E-state index is 2.49. The topological polar surface area (TPSA) is 3.24 Å². The number of benzene rings is 8. The van der Waals surface area contributed by atoms with Gasteiger partial charge >= 0.3 is 0 Å². The van der Waals surface area contributed by atoms with Gasteiger partial charge < -0.3 is 4.90 Å². The van der Waals surface area contributed by atoms with Crippen LogP contribution in [0.2, 0.25) is 0 Å². The van der Waals surface area contributed by atoms with Crippen LogP contribution in [-0.4, -0.2) is 0 Å². The van der Waals surface area contributed by atoms with Crippen LogP contribution in [0.5, 0.6) is 0 Å². The molecule has 9 aromatic rings. The first-order valence-corrected chi connectivity index (χ1v) is 15.2. The zero-order valence-corrected chi connectivity index (χ0v) is 23.6. The Bertz CT molecular complexity index is 2470. The predicted molar refractivity (Wildman–Crippen MR) is 184 cm³/mol. The van der Waals surface area contributed by atoms with E-state index in [2.05, 4.69) is 157 Å². The lowest BCUT2D eigenvalue weighted by molar-refractivity contribution is 1.32. The van der Waals surface area contributed by atoms with Crippen LogP contribution in [0.3, 0.4) is 0 Å². The molecule has 1 aromatic heterocycles. The third-order valence-electron chi connectivity index (χ3n) is 8.59. The molecule has 0 bridgehead atoms. The molecule has 0 unspecified atom stereocenters. The molecule has 196 valence electrons. The highest BCUT2D eigenvalue weighted by Crippen LogP contribution is 2.49. The fraction of sp³-hybridized carbons (Fsp3) is 0. The van der Waals surface area contributed by atoms with Crippen molar-refractivity contribution in [1.82, 2.24) is 0 Å². The number of fused-ring (bicyclic) bond motifs is 10. The first-order valence-electron chi connectivity index (χ1n) is 14.4. The molecule has 0 saturated carbocycles. The van der Waals surface area contributed by atoms with Crippen molar-refractivity contribution >= 4 is 91.7 Å². The van der Waals surface area contributed by atoms with Crippen LogP contribution in [0.4, 0.5) is 17.1 Å². The van der Waals surface area contributed by atoms with Crippen LogP contribution in [0.1, 0.15) is 0 Å². The average Bonchev–Trinajstić information content (AvgIpc) is 3.44. The minimum absolute atomic E-state index is 1.15. The van der Waals surface area contributed by atoms with E-state index in [0.29, 0.717) is 0 Å². The van der Waals surface area contributed by atoms with Gasteiger partial charge in [-0.2, -0.15) is 0 Å². The van der Waals surface area contributed by atoms with Crippen LogP contribution in [0.25, 0.3) is 63.3 Å². The fourth-order valence-corrected chi connectivity index (χ4v) is 8.01. The molecular weight excluding hydrogens is 527 g/mol. The Kier molecular flexibility index (Phi) is 5.13. The molecule has 0 amide bonds. The van der Waals surface area contributed by atoms with Crippen molar-refractivity contribution in [3.05, 3.63) is 152 Å². The highest BCUT2D eigenvalue weighted by Gasteiger charge is 2.22. The Morgan fingerprint density at radius 1 is 0.381 bits per heavy atom. The molecule has 2 heteroatoms. The van der Waals surface area contributed by atoms with E-state index in [1.165, 1.54) is 74.6 Å². The summed E-state index contributed by atoms with van der Waals surface area (Å²) in [6, 6.07) is 55.5. The number of hydrogen-bond donors (Lipinski definition) is 0. The molecular formula is C40H25NS. The number of para-hydroxylation sites is 1. The second-order valence-corrected chi connectivity index (χ2v) is 12.0. The van der Waals surface area contributed by atoms with Gasteiger partial charge in [-0.15, -0.1) is 11.3 Å². The maximum absolute atomic E-state index is 2.49. The summed E-state index contributed by atoms with van der Waals surface area (Å²) in [5, 5.41) is 12.8. The van der Waals surface area contributed by atoms with E-state index < -0.39 is 0 Å². The molecule has 0 aliphatic heterocycles. The van der Waals surface area contributed by atoms with Crippen LogP contribution < -0.4 is 4.90 Å². The molecule has 1 heterocycles. The molecule has 8 aromatic carbocycles. The van der Waals surface area contributed by atoms with Crippen molar-refractivity contribution in [2.75, 3.05) is 4.90 Å². The molecule has 0 aliphatic carbocycles. The Balaban J connectivity index is 1.48. The molecule has 1 nitrogen and oxygen atoms in total. The summed E-state index contributed by atoms with van der Waals surface area (Å²) in [6.07, 6.45) is 0. The Hall–Kier alpha value is -5.18. The monoisotopic (exact) mass is 551 g/mol. The normalized spacial score (nSPS) is 11.8. The van der Waals surface area contributed by atoms with E-state index in [0.717, 1.165) is 5.69 Å². The molecule has 9 rings (SSSR count). The van der Waals surface area contributed by atoms with Gasteiger partial charge in [-0.1, -0.05) is 121 Å². The van der Waals surface area contributed by atoms with Gasteiger partial charge in [0.2, 0.25) is 0 Å². The summed E-state index contributed by atoms with van der Waals surface area (Å²) in [5.74, 6) is 0. The lowest BCUT2D eigenvalue weighted by Crippen LogP contribution is -2.11. The van der Waals surface area contributed by atoms with E-state index in [-0.39, 0.29) is 0 Å². The van der Waals surface area contributed by atoms with Gasteiger partial charge in [-0.25, -0.2) is 0 Å². The van der Waals surface area contributed by atoms with Gasteiger partial charge in [0.05, 0.1) is 11.4 Å². The lowest BCUT2D eigenvalue weighted by Gasteiger charge is -2.29. The smallest absolute Gasteiger partial charge is 0.0554 e. The maximum Gasteiger partial charge on any atom is 0.0554 e. The van der Waals surface area contributed by atoms with Crippen molar-refractivity contribution in [1.29, 1.82) is 0 Å². The molecule has 0 atom stereocenters. The van der Waals surface area contributed by atoms with Gasteiger partial charge in [0.1, 0.15) is 0 Å². The number of hydrogen-bond acceptors (Lipinski definition) is 2. The van der Waals surface area contributed by atoms with Crippen LogP contribution in [0.15, 0.2) is 152 Å². The minimum Gasteiger partial charge on any atom is -0.309 e. The van der Waals surface area contributed by atoms with E-state index in [4.69, 9.17) is 0 Å². The van der Waals surface area contributed by atoms with E-state index in [1.807, 2.05) is 11.3 Å². The first-order chi connectivity index (χ1) is 20.8. The summed E-state index contributed by atoms with van der Waals surface area (Å²) in [7, 11) is 0. The SMILES string of the molecule is c1ccc(N(c2cc3ccccc3c3ccc4ccccc4c23)c2cccc3ccc4c5ccccc5sc4c23)cc1. The first kappa shape index (κ1) is 23.5. The van der Waals surface area contributed by atoms with Crippen molar-refractivity contribution in [3.8, 4) is 0 Å². The standard InChI is InChI=1S/C40H25NS/c1-2-14-29(15-3-1)41(35-19-10-13-27-22-24-34-32-18-8-9-20-37(32)42-40(34)38(27)35)36-25-28-12-5-6-16-30(28)33-23-21-26-11-4-7-17-31(26)39(33)36/h1-25H. The zero-order chi connectivity index (χ0) is 27.6. The summed E-state index contributed by atoms with van der Waals surface area (Å²) < 4.78 is 2.66. The van der Waals surface area contributed by atoms with Gasteiger partial charge in [0, 0.05) is 36.6 Å². The van der Waals surface area contributed by atoms with E-state index in [9.17, 15) is 0 Å². The fourth-order valence-electron chi connectivity index (χ4n) is 6.74. The molecule has 0 radical (unpaired) electrons. The summed E-state index contributed by atoms with van der Waals surface area (Å²) in [6.45, 7) is 0. The van der Waals surface area contributed by atoms with Crippen LogP contribution >= 0.6 is 11.3 Å². The van der Waals surface area contributed by atoms with E-state index >= 15 is 0 Å². The second-order valence-electron chi connectivity index (χ2n) is 10.9. The summed E-state index contributed by atoms with van der Waals surface area (Å²) >= 11 is 1.90.